The van der Waals surface area contributed by atoms with Crippen LogP contribution in [0.15, 0.2) is 30.6 Å². The molecule has 46 heavy (non-hydrogen) atoms. The number of hydrogen-bond acceptors (Lipinski definition) is 11. The molecular formula is C33H49N5O8. The number of carbonyl (C=O) groups excluding carboxylic acids is 3. The molecule has 0 saturated heterocycles. The lowest BCUT2D eigenvalue weighted by molar-refractivity contribution is -0.205. The topological polar surface area (TPSA) is 159 Å². The normalized spacial score (nSPS) is 16.2. The third kappa shape index (κ3) is 11.3. The fraction of sp³-hybridized carbons (Fsp3) is 0.606. The quantitative estimate of drug-likeness (QED) is 0.126. The number of anilines is 1. The molecule has 254 valence electrons. The fourth-order valence-electron chi connectivity index (χ4n) is 4.38. The van der Waals surface area contributed by atoms with Crippen molar-refractivity contribution in [1.82, 2.24) is 20.8 Å². The van der Waals surface area contributed by atoms with Gasteiger partial charge in [-0.05, 0) is 112 Å². The van der Waals surface area contributed by atoms with E-state index in [2.05, 4.69) is 26.1 Å². The minimum Gasteiger partial charge on any atom is -0.486 e. The zero-order valence-electron chi connectivity index (χ0n) is 28.7. The highest BCUT2D eigenvalue weighted by Gasteiger charge is 2.50. The Kier molecular flexibility index (Phi) is 11.5. The summed E-state index contributed by atoms with van der Waals surface area (Å²) in [5, 5.41) is 5.87. The molecule has 0 radical (unpaired) electrons. The van der Waals surface area contributed by atoms with E-state index in [0.29, 0.717) is 44.0 Å². The summed E-state index contributed by atoms with van der Waals surface area (Å²) in [6, 6.07) is 5.72. The van der Waals surface area contributed by atoms with E-state index in [-0.39, 0.29) is 0 Å². The Hall–Kier alpha value is -4.13. The predicted molar refractivity (Wildman–Crippen MR) is 172 cm³/mol. The molecule has 0 aliphatic carbocycles. The Balaban J connectivity index is 1.63. The van der Waals surface area contributed by atoms with Gasteiger partial charge in [0.15, 0.2) is 0 Å². The second-order valence-corrected chi connectivity index (χ2v) is 14.3. The molecule has 3 rings (SSSR count). The van der Waals surface area contributed by atoms with E-state index in [1.165, 1.54) is 6.92 Å². The average molecular weight is 644 g/mol. The van der Waals surface area contributed by atoms with Gasteiger partial charge < -0.3 is 29.6 Å². The van der Waals surface area contributed by atoms with Gasteiger partial charge in [0.1, 0.15) is 28.7 Å². The Morgan fingerprint density at radius 1 is 0.826 bits per heavy atom. The largest absolute Gasteiger partial charge is 0.486 e. The number of benzene rings is 1. The number of fused-ring (bicyclic) bond motifs is 1. The number of amides is 2. The predicted octanol–water partition coefficient (Wildman–Crippen LogP) is 5.72. The van der Waals surface area contributed by atoms with Crippen LogP contribution in [0.2, 0.25) is 0 Å². The van der Waals surface area contributed by atoms with Gasteiger partial charge in [-0.25, -0.2) is 29.2 Å². The summed E-state index contributed by atoms with van der Waals surface area (Å²) in [6.45, 7) is 18.5. The van der Waals surface area contributed by atoms with Crippen molar-refractivity contribution in [1.29, 1.82) is 0 Å². The van der Waals surface area contributed by atoms with Gasteiger partial charge in [0.25, 0.3) is 0 Å². The number of hydrogen-bond donors (Lipinski definition) is 3. The maximum atomic E-state index is 13.4. The number of aryl methyl sites for hydroxylation is 1. The van der Waals surface area contributed by atoms with Crippen LogP contribution in [0.1, 0.15) is 87.6 Å². The monoisotopic (exact) mass is 643 g/mol. The number of hydroxylamine groups is 1. The zero-order valence-corrected chi connectivity index (χ0v) is 28.7. The Morgan fingerprint density at radius 2 is 1.43 bits per heavy atom. The molecule has 1 aliphatic heterocycles. The molecule has 2 atom stereocenters. The van der Waals surface area contributed by atoms with Crippen molar-refractivity contribution >= 4 is 24.1 Å². The van der Waals surface area contributed by atoms with E-state index in [0.717, 1.165) is 16.7 Å². The molecule has 3 N–H and O–H groups in total. The highest BCUT2D eigenvalue weighted by atomic mass is 16.7. The van der Waals surface area contributed by atoms with Gasteiger partial charge in [-0.3, -0.25) is 0 Å². The van der Waals surface area contributed by atoms with Crippen LogP contribution in [0.5, 0.6) is 5.75 Å². The summed E-state index contributed by atoms with van der Waals surface area (Å²) < 4.78 is 22.4. The molecule has 13 nitrogen and oxygen atoms in total. The van der Waals surface area contributed by atoms with E-state index < -0.39 is 46.7 Å². The number of esters is 1. The molecule has 0 spiro atoms. The van der Waals surface area contributed by atoms with Crippen LogP contribution in [0.3, 0.4) is 0 Å². The van der Waals surface area contributed by atoms with E-state index >= 15 is 0 Å². The van der Waals surface area contributed by atoms with E-state index in [9.17, 15) is 14.4 Å². The molecule has 0 saturated carbocycles. The average Bonchev–Trinajstić information content (AvgIpc) is 2.92. The van der Waals surface area contributed by atoms with E-state index in [1.807, 2.05) is 39.0 Å². The highest BCUT2D eigenvalue weighted by Crippen LogP contribution is 2.36. The minimum absolute atomic E-state index is 0.421. The molecule has 0 fully saturated rings. The van der Waals surface area contributed by atoms with Crippen LogP contribution in [-0.2, 0) is 30.3 Å². The highest BCUT2D eigenvalue weighted by molar-refractivity contribution is 5.81. The van der Waals surface area contributed by atoms with Crippen LogP contribution >= 0.6 is 0 Å². The second-order valence-electron chi connectivity index (χ2n) is 14.3. The first-order valence-electron chi connectivity index (χ1n) is 15.5. The maximum absolute atomic E-state index is 13.4. The number of carbonyl (C=O) groups is 3. The van der Waals surface area contributed by atoms with Crippen molar-refractivity contribution in [2.45, 2.75) is 117 Å². The fourth-order valence-corrected chi connectivity index (χ4v) is 4.38. The molecule has 1 aromatic heterocycles. The first kappa shape index (κ1) is 36.3. The third-order valence-corrected chi connectivity index (χ3v) is 6.46. The summed E-state index contributed by atoms with van der Waals surface area (Å²) in [4.78, 5) is 52.0. The van der Waals surface area contributed by atoms with Crippen LogP contribution in [0.25, 0.3) is 11.1 Å². The smallest absolute Gasteiger partial charge is 0.431 e. The number of ether oxygens (including phenoxy) is 4. The zero-order chi connectivity index (χ0) is 34.3. The summed E-state index contributed by atoms with van der Waals surface area (Å²) in [7, 11) is 0. The van der Waals surface area contributed by atoms with Crippen molar-refractivity contribution in [2.24, 2.45) is 0 Å². The Morgan fingerprint density at radius 3 is 2.04 bits per heavy atom. The standard InChI is InChI=1S/C33H49N5O8/c1-30(2,3)43-26(39)33(10,46-38-29(41)45-32(7,8)9)25-15-13-22-18-21(12-14-24(22)42-25)23-19-36-27(37-20-23)34-16-11-17-35-28(40)44-31(4,5)6/h12,14,18-20,25H,11,13,15-17H2,1-10H3,(H,35,40)(H,38,41)(H,34,36,37). The molecule has 13 heteroatoms. The third-order valence-electron chi connectivity index (χ3n) is 6.46. The van der Waals surface area contributed by atoms with Gasteiger partial charge in [0, 0.05) is 31.0 Å². The van der Waals surface area contributed by atoms with Crippen molar-refractivity contribution in [3.63, 3.8) is 0 Å². The van der Waals surface area contributed by atoms with Gasteiger partial charge >= 0.3 is 18.2 Å². The van der Waals surface area contributed by atoms with Gasteiger partial charge in [0.2, 0.25) is 11.5 Å². The number of aromatic nitrogens is 2. The van der Waals surface area contributed by atoms with Gasteiger partial charge in [-0.1, -0.05) is 6.07 Å². The summed E-state index contributed by atoms with van der Waals surface area (Å²) in [6.07, 6.45) is 3.11. The lowest BCUT2D eigenvalue weighted by atomic mass is 9.89. The van der Waals surface area contributed by atoms with Crippen molar-refractivity contribution in [3.8, 4) is 16.9 Å². The van der Waals surface area contributed by atoms with E-state index in [4.69, 9.17) is 23.8 Å². The van der Waals surface area contributed by atoms with Gasteiger partial charge in [0.05, 0.1) is 0 Å². The number of nitrogens with zero attached hydrogens (tertiary/aromatic N) is 2. The van der Waals surface area contributed by atoms with Crippen LogP contribution in [0.4, 0.5) is 15.5 Å². The van der Waals surface area contributed by atoms with Crippen LogP contribution in [0, 0.1) is 0 Å². The molecule has 2 amide bonds. The molecular weight excluding hydrogens is 594 g/mol. The van der Waals surface area contributed by atoms with Crippen molar-refractivity contribution in [2.75, 3.05) is 18.4 Å². The van der Waals surface area contributed by atoms with Crippen molar-refractivity contribution in [3.05, 3.63) is 36.2 Å². The first-order valence-corrected chi connectivity index (χ1v) is 15.5. The van der Waals surface area contributed by atoms with Gasteiger partial charge in [-0.2, -0.15) is 5.48 Å². The van der Waals surface area contributed by atoms with Crippen molar-refractivity contribution < 1.29 is 38.2 Å². The molecule has 1 aromatic carbocycles. The Labute approximate surface area is 271 Å². The summed E-state index contributed by atoms with van der Waals surface area (Å²) >= 11 is 0. The number of nitrogens with one attached hydrogen (secondary N) is 3. The minimum atomic E-state index is -1.66. The number of rotatable bonds is 10. The SMILES string of the molecule is CC(C)(C)OC(=O)NCCCNc1ncc(-c2ccc3c(c2)CCC(C(C)(ONC(=O)OC(C)(C)C)C(=O)OC(C)(C)C)O3)cn1. The summed E-state index contributed by atoms with van der Waals surface area (Å²) in [5.41, 5.74) is 1.19. The van der Waals surface area contributed by atoms with Gasteiger partial charge in [-0.15, -0.1) is 0 Å². The summed E-state index contributed by atoms with van der Waals surface area (Å²) in [5.74, 6) is 0.396. The first-order chi connectivity index (χ1) is 21.2. The number of alkyl carbamates (subject to hydrolysis) is 1. The molecule has 1 aliphatic rings. The van der Waals surface area contributed by atoms with E-state index in [1.54, 1.807) is 53.9 Å². The second kappa shape index (κ2) is 14.5. The molecule has 2 unspecified atom stereocenters. The van der Waals surface area contributed by atoms with Crippen LogP contribution in [-0.4, -0.2) is 69.7 Å². The van der Waals surface area contributed by atoms with Crippen LogP contribution < -0.4 is 20.9 Å². The maximum Gasteiger partial charge on any atom is 0.431 e. The Bertz CT molecular complexity index is 1360. The molecule has 2 heterocycles. The molecule has 2 aromatic rings. The lowest BCUT2D eigenvalue weighted by Crippen LogP contribution is -2.58. The lowest BCUT2D eigenvalue weighted by Gasteiger charge is -2.39. The molecule has 0 bridgehead atoms.